The van der Waals surface area contributed by atoms with Gasteiger partial charge in [-0.3, -0.25) is 0 Å². The molecule has 0 amide bonds. The van der Waals surface area contributed by atoms with Gasteiger partial charge in [0.15, 0.2) is 0 Å². The van der Waals surface area contributed by atoms with Crippen molar-refractivity contribution in [3.05, 3.63) is 23.8 Å². The van der Waals surface area contributed by atoms with E-state index in [9.17, 15) is 9.59 Å². The summed E-state index contributed by atoms with van der Waals surface area (Å²) >= 11 is 0. The molecule has 70 valence electrons. The smallest absolute Gasteiger partial charge is 0.331 e. The predicted octanol–water partition coefficient (Wildman–Crippen LogP) is 1.05. The maximum Gasteiger partial charge on any atom is 0.331 e. The Morgan fingerprint density at radius 3 is 2.23 bits per heavy atom. The molecule has 4 nitrogen and oxygen atoms in total. The summed E-state index contributed by atoms with van der Waals surface area (Å²) in [5, 5.41) is 17.0. The minimum absolute atomic E-state index is 0.121. The summed E-state index contributed by atoms with van der Waals surface area (Å²) in [4.78, 5) is 20.7. The molecule has 0 aromatic rings. The van der Waals surface area contributed by atoms with E-state index >= 15 is 0 Å². The van der Waals surface area contributed by atoms with Gasteiger partial charge in [0.25, 0.3) is 0 Å². The van der Waals surface area contributed by atoms with Crippen molar-refractivity contribution in [1.82, 2.24) is 0 Å². The highest BCUT2D eigenvalue weighted by Gasteiger charge is 2.29. The fraction of sp³-hybridized carbons (Fsp3) is 0.333. The molecule has 1 saturated carbocycles. The number of rotatable bonds is 4. The van der Waals surface area contributed by atoms with Crippen molar-refractivity contribution < 1.29 is 19.8 Å². The Balaban J connectivity index is 2.63. The van der Waals surface area contributed by atoms with Gasteiger partial charge in [-0.15, -0.1) is 0 Å². The van der Waals surface area contributed by atoms with E-state index in [0.717, 1.165) is 18.9 Å². The lowest BCUT2D eigenvalue weighted by molar-refractivity contribution is -0.133. The summed E-state index contributed by atoms with van der Waals surface area (Å²) in [6.07, 6.45) is 5.31. The van der Waals surface area contributed by atoms with Crippen molar-refractivity contribution in [2.45, 2.75) is 12.8 Å². The molecule has 0 bridgehead atoms. The van der Waals surface area contributed by atoms with Crippen LogP contribution in [-0.2, 0) is 9.59 Å². The van der Waals surface area contributed by atoms with E-state index in [2.05, 4.69) is 0 Å². The molecule has 1 aliphatic rings. The van der Waals surface area contributed by atoms with Crippen LogP contribution in [0.1, 0.15) is 12.8 Å². The molecule has 4 heteroatoms. The molecule has 0 aromatic heterocycles. The Kier molecular flexibility index (Phi) is 2.84. The van der Waals surface area contributed by atoms with Crippen LogP contribution in [0, 0.1) is 5.92 Å². The Bertz CT molecular complexity index is 284. The first-order valence-electron chi connectivity index (χ1n) is 3.95. The van der Waals surface area contributed by atoms with Crippen LogP contribution in [0.15, 0.2) is 23.8 Å². The van der Waals surface area contributed by atoms with Gasteiger partial charge in [0, 0.05) is 11.6 Å². The zero-order valence-corrected chi connectivity index (χ0v) is 6.93. The van der Waals surface area contributed by atoms with E-state index in [4.69, 9.17) is 10.2 Å². The van der Waals surface area contributed by atoms with Crippen LogP contribution in [0.5, 0.6) is 0 Å². The highest BCUT2D eigenvalue weighted by atomic mass is 16.4. The fourth-order valence-corrected chi connectivity index (χ4v) is 1.01. The highest BCUT2D eigenvalue weighted by molar-refractivity contribution is 5.88. The van der Waals surface area contributed by atoms with Crippen LogP contribution in [0.3, 0.4) is 0 Å². The zero-order valence-electron chi connectivity index (χ0n) is 6.93. The van der Waals surface area contributed by atoms with E-state index in [1.54, 1.807) is 0 Å². The molecule has 0 unspecified atom stereocenters. The van der Waals surface area contributed by atoms with Gasteiger partial charge in [-0.05, 0) is 18.8 Å². The summed E-state index contributed by atoms with van der Waals surface area (Å²) in [5.41, 5.74) is 0.303. The Hall–Kier alpha value is -1.58. The largest absolute Gasteiger partial charge is 0.478 e. The molecular weight excluding hydrogens is 172 g/mol. The van der Waals surface area contributed by atoms with E-state index in [-0.39, 0.29) is 5.92 Å². The lowest BCUT2D eigenvalue weighted by Crippen LogP contribution is -2.01. The monoisotopic (exact) mass is 182 g/mol. The molecule has 0 aliphatic heterocycles. The fourth-order valence-electron chi connectivity index (χ4n) is 1.01. The lowest BCUT2D eigenvalue weighted by atomic mass is 10.1. The number of aliphatic carboxylic acids is 2. The molecule has 13 heavy (non-hydrogen) atoms. The van der Waals surface area contributed by atoms with Crippen molar-refractivity contribution in [3.8, 4) is 0 Å². The summed E-state index contributed by atoms with van der Waals surface area (Å²) in [6, 6.07) is 0. The van der Waals surface area contributed by atoms with Crippen molar-refractivity contribution >= 4 is 11.9 Å². The van der Waals surface area contributed by atoms with Crippen molar-refractivity contribution in [3.63, 3.8) is 0 Å². The number of allylic oxidation sites excluding steroid dienone is 2. The third-order valence-electron chi connectivity index (χ3n) is 1.78. The van der Waals surface area contributed by atoms with Gasteiger partial charge >= 0.3 is 11.9 Å². The van der Waals surface area contributed by atoms with E-state index < -0.39 is 11.9 Å². The summed E-state index contributed by atoms with van der Waals surface area (Å²) < 4.78 is 0. The first-order valence-corrected chi connectivity index (χ1v) is 3.95. The van der Waals surface area contributed by atoms with E-state index in [1.807, 2.05) is 0 Å². The average molecular weight is 182 g/mol. The maximum atomic E-state index is 10.6. The molecule has 0 saturated heterocycles. The third-order valence-corrected chi connectivity index (χ3v) is 1.78. The molecule has 0 aromatic carbocycles. The van der Waals surface area contributed by atoms with Crippen LogP contribution < -0.4 is 0 Å². The first kappa shape index (κ1) is 9.51. The quantitative estimate of drug-likeness (QED) is 0.503. The van der Waals surface area contributed by atoms with Gasteiger partial charge in [0.2, 0.25) is 0 Å². The van der Waals surface area contributed by atoms with Gasteiger partial charge in [0.1, 0.15) is 0 Å². The van der Waals surface area contributed by atoms with Crippen LogP contribution in [0.2, 0.25) is 0 Å². The van der Waals surface area contributed by atoms with Gasteiger partial charge in [-0.1, -0.05) is 12.2 Å². The molecule has 0 heterocycles. The normalized spacial score (nSPS) is 17.7. The Labute approximate surface area is 75.2 Å². The number of carbonyl (C=O) groups is 2. The molecule has 0 atom stereocenters. The minimum atomic E-state index is -1.07. The Morgan fingerprint density at radius 1 is 1.23 bits per heavy atom. The van der Waals surface area contributed by atoms with Gasteiger partial charge in [-0.2, -0.15) is 0 Å². The molecule has 1 aliphatic carbocycles. The predicted molar refractivity (Wildman–Crippen MR) is 45.2 cm³/mol. The molecule has 1 fully saturated rings. The molecule has 1 rings (SSSR count). The number of hydrogen-bond donors (Lipinski definition) is 2. The summed E-state index contributed by atoms with van der Waals surface area (Å²) in [5.74, 6) is -1.91. The topological polar surface area (TPSA) is 74.6 Å². The minimum Gasteiger partial charge on any atom is -0.478 e. The van der Waals surface area contributed by atoms with Crippen molar-refractivity contribution in [2.24, 2.45) is 5.92 Å². The van der Waals surface area contributed by atoms with Crippen LogP contribution >= 0.6 is 0 Å². The second-order valence-electron chi connectivity index (χ2n) is 2.90. The van der Waals surface area contributed by atoms with Gasteiger partial charge in [-0.25, -0.2) is 9.59 Å². The molecule has 0 spiro atoms. The third kappa shape index (κ3) is 3.11. The number of carboxylic acid groups (broad SMARTS) is 2. The number of carboxylic acids is 2. The Morgan fingerprint density at radius 2 is 1.85 bits per heavy atom. The lowest BCUT2D eigenvalue weighted by Gasteiger charge is -1.94. The van der Waals surface area contributed by atoms with E-state index in [1.165, 1.54) is 12.2 Å². The standard InChI is InChI=1S/C9H10O4/c10-8(11)3-1-2-7(9(12)13)6-4-5-6/h1-3,6H,4-5H2,(H,10,11)(H,12,13). The second kappa shape index (κ2) is 3.89. The highest BCUT2D eigenvalue weighted by Crippen LogP contribution is 2.36. The van der Waals surface area contributed by atoms with E-state index in [0.29, 0.717) is 5.57 Å². The molecule has 2 N–H and O–H groups in total. The van der Waals surface area contributed by atoms with Crippen LogP contribution in [0.4, 0.5) is 0 Å². The molecule has 0 radical (unpaired) electrons. The first-order chi connectivity index (χ1) is 6.11. The SMILES string of the molecule is O=C(O)C=CC=C(C(=O)O)C1CC1. The zero-order chi connectivity index (χ0) is 9.84. The number of hydrogen-bond acceptors (Lipinski definition) is 2. The van der Waals surface area contributed by atoms with Crippen LogP contribution in [0.25, 0.3) is 0 Å². The average Bonchev–Trinajstić information content (AvgIpc) is 2.79. The maximum absolute atomic E-state index is 10.6. The van der Waals surface area contributed by atoms with Crippen LogP contribution in [-0.4, -0.2) is 22.2 Å². The summed E-state index contributed by atoms with van der Waals surface area (Å²) in [6.45, 7) is 0. The van der Waals surface area contributed by atoms with Crippen molar-refractivity contribution in [2.75, 3.05) is 0 Å². The summed E-state index contributed by atoms with van der Waals surface area (Å²) in [7, 11) is 0. The van der Waals surface area contributed by atoms with Crippen molar-refractivity contribution in [1.29, 1.82) is 0 Å². The van der Waals surface area contributed by atoms with Gasteiger partial charge < -0.3 is 10.2 Å². The van der Waals surface area contributed by atoms with Gasteiger partial charge in [0.05, 0.1) is 0 Å². The second-order valence-corrected chi connectivity index (χ2v) is 2.90. The molecular formula is C9H10O4.